The first-order chi connectivity index (χ1) is 14.4. The van der Waals surface area contributed by atoms with Crippen LogP contribution < -0.4 is 11.1 Å². The van der Waals surface area contributed by atoms with E-state index in [4.69, 9.17) is 5.73 Å². The lowest BCUT2D eigenvalue weighted by Crippen LogP contribution is -2.45. The number of hydrogen-bond donors (Lipinski definition) is 2. The van der Waals surface area contributed by atoms with E-state index < -0.39 is 0 Å². The minimum atomic E-state index is -0.0601. The molecule has 2 aromatic heterocycles. The van der Waals surface area contributed by atoms with Gasteiger partial charge in [0.1, 0.15) is 5.69 Å². The van der Waals surface area contributed by atoms with Crippen molar-refractivity contribution in [3.8, 4) is 0 Å². The Morgan fingerprint density at radius 3 is 2.57 bits per heavy atom. The molecule has 1 aliphatic rings. The number of anilines is 1. The van der Waals surface area contributed by atoms with Crippen LogP contribution in [0.1, 0.15) is 47.3 Å². The average Bonchev–Trinajstić information content (AvgIpc) is 3.37. The third-order valence-corrected chi connectivity index (χ3v) is 6.21. The van der Waals surface area contributed by atoms with E-state index in [-0.39, 0.29) is 24.3 Å². The minimum absolute atomic E-state index is 0.0307. The number of hydrogen-bond acceptors (Lipinski definition) is 6. The molecule has 8 heteroatoms. The van der Waals surface area contributed by atoms with Crippen LogP contribution >= 0.6 is 11.3 Å². The Morgan fingerprint density at radius 2 is 1.97 bits per heavy atom. The Balaban J connectivity index is 1.62. The van der Waals surface area contributed by atoms with Gasteiger partial charge in [-0.2, -0.15) is 0 Å². The molecule has 30 heavy (non-hydrogen) atoms. The van der Waals surface area contributed by atoms with Crippen molar-refractivity contribution in [2.45, 2.75) is 44.7 Å². The van der Waals surface area contributed by atoms with Crippen LogP contribution in [0.15, 0.2) is 29.1 Å². The number of thiophene rings is 1. The van der Waals surface area contributed by atoms with Crippen molar-refractivity contribution in [2.75, 3.05) is 32.9 Å². The smallest absolute Gasteiger partial charge is 0.317 e. The Morgan fingerprint density at radius 1 is 1.20 bits per heavy atom. The maximum absolute atomic E-state index is 12.8. The molecule has 7 nitrogen and oxygen atoms in total. The fourth-order valence-corrected chi connectivity index (χ4v) is 4.30. The summed E-state index contributed by atoms with van der Waals surface area (Å²) in [6, 6.07) is 3.86. The second-order valence-electron chi connectivity index (χ2n) is 8.16. The van der Waals surface area contributed by atoms with Crippen molar-refractivity contribution in [2.24, 2.45) is 0 Å². The highest BCUT2D eigenvalue weighted by molar-refractivity contribution is 7.08. The molecule has 1 fully saturated rings. The highest BCUT2D eigenvalue weighted by Gasteiger charge is 2.21. The van der Waals surface area contributed by atoms with Crippen LogP contribution in [0.25, 0.3) is 0 Å². The third kappa shape index (κ3) is 6.27. The molecule has 0 bridgehead atoms. The van der Waals surface area contributed by atoms with E-state index in [1.54, 1.807) is 12.3 Å². The lowest BCUT2D eigenvalue weighted by atomic mass is 10.1. The van der Waals surface area contributed by atoms with Gasteiger partial charge in [0.05, 0.1) is 0 Å². The van der Waals surface area contributed by atoms with Gasteiger partial charge in [0.25, 0.3) is 0 Å². The number of Topliss-reactive ketones (excluding diaryl/α,β-unsaturated/α-hetero) is 1. The summed E-state index contributed by atoms with van der Waals surface area (Å²) in [5.74, 6) is -0.0601. The van der Waals surface area contributed by atoms with Crippen molar-refractivity contribution in [1.29, 1.82) is 0 Å². The summed E-state index contributed by atoms with van der Waals surface area (Å²) in [6.45, 7) is 1.87. The van der Waals surface area contributed by atoms with E-state index in [9.17, 15) is 9.59 Å². The lowest BCUT2D eigenvalue weighted by Gasteiger charge is -2.26. The number of aromatic nitrogens is 1. The number of nitrogen functional groups attached to an aromatic ring is 1. The fourth-order valence-electron chi connectivity index (χ4n) is 3.55. The van der Waals surface area contributed by atoms with Gasteiger partial charge in [0, 0.05) is 49.4 Å². The van der Waals surface area contributed by atoms with E-state index in [0.717, 1.165) is 30.5 Å². The van der Waals surface area contributed by atoms with Crippen LogP contribution in [-0.4, -0.2) is 59.8 Å². The van der Waals surface area contributed by atoms with Gasteiger partial charge < -0.3 is 20.9 Å². The predicted octanol–water partition coefficient (Wildman–Crippen LogP) is 3.17. The molecule has 0 atom stereocenters. The first kappa shape index (κ1) is 22.2. The number of nitrogens with one attached hydrogen (secondary N) is 1. The Hall–Kier alpha value is -2.45. The van der Waals surface area contributed by atoms with Crippen LogP contribution in [0.4, 0.5) is 10.5 Å². The largest absolute Gasteiger partial charge is 0.398 e. The molecule has 162 valence electrons. The zero-order valence-corrected chi connectivity index (χ0v) is 18.6. The highest BCUT2D eigenvalue weighted by atomic mass is 32.1. The number of carbonyl (C=O) groups excluding carboxylic acids is 2. The molecule has 1 aliphatic carbocycles. The zero-order valence-electron chi connectivity index (χ0n) is 17.8. The first-order valence-electron chi connectivity index (χ1n) is 10.4. The molecule has 0 unspecified atom stereocenters. The van der Waals surface area contributed by atoms with Crippen molar-refractivity contribution < 1.29 is 9.59 Å². The molecule has 0 radical (unpaired) electrons. The minimum Gasteiger partial charge on any atom is -0.398 e. The Bertz CT molecular complexity index is 843. The molecule has 3 N–H and O–H groups in total. The van der Waals surface area contributed by atoms with Gasteiger partial charge in [0.15, 0.2) is 5.78 Å². The van der Waals surface area contributed by atoms with E-state index >= 15 is 0 Å². The van der Waals surface area contributed by atoms with Gasteiger partial charge in [-0.05, 0) is 49.5 Å². The molecule has 3 rings (SSSR count). The van der Waals surface area contributed by atoms with Gasteiger partial charge in [-0.3, -0.25) is 9.78 Å². The molecule has 2 amide bonds. The Kier molecular flexibility index (Phi) is 7.81. The van der Waals surface area contributed by atoms with Crippen LogP contribution in [0.2, 0.25) is 0 Å². The van der Waals surface area contributed by atoms with E-state index in [0.29, 0.717) is 24.5 Å². The zero-order chi connectivity index (χ0) is 21.5. The number of carbonyl (C=O) groups is 2. The molecule has 0 saturated heterocycles. The summed E-state index contributed by atoms with van der Waals surface area (Å²) in [6.07, 6.45) is 6.41. The lowest BCUT2D eigenvalue weighted by molar-refractivity contribution is 0.0988. The van der Waals surface area contributed by atoms with Gasteiger partial charge in [0.2, 0.25) is 0 Å². The highest BCUT2D eigenvalue weighted by Crippen LogP contribution is 2.20. The molecule has 1 saturated carbocycles. The maximum atomic E-state index is 12.8. The molecule has 0 aromatic carbocycles. The maximum Gasteiger partial charge on any atom is 0.317 e. The van der Waals surface area contributed by atoms with E-state index in [1.165, 1.54) is 24.2 Å². The molecule has 2 heterocycles. The number of likely N-dealkylation sites (N-methyl/N-ethyl adjacent to an activating group) is 1. The van der Waals surface area contributed by atoms with E-state index in [1.807, 2.05) is 35.8 Å². The topological polar surface area (TPSA) is 91.6 Å². The number of nitrogens with zero attached hydrogens (tertiary/aromatic N) is 3. The summed E-state index contributed by atoms with van der Waals surface area (Å²) in [5, 5.41) is 6.89. The molecular formula is C22H31N5O2S. The van der Waals surface area contributed by atoms with Gasteiger partial charge in [-0.25, -0.2) is 4.79 Å². The number of amides is 2. The number of nitrogens with two attached hydrogens (primary N) is 1. The van der Waals surface area contributed by atoms with Crippen LogP contribution in [0, 0.1) is 0 Å². The SMILES string of the molecule is CN(C)CCN(Cc1ccc(C(=O)Cc2cscc2N)nc1)C(=O)NC1CCCC1. The van der Waals surface area contributed by atoms with Crippen LogP contribution in [-0.2, 0) is 13.0 Å². The Labute approximate surface area is 182 Å². The molecular weight excluding hydrogens is 398 g/mol. The third-order valence-electron chi connectivity index (χ3n) is 5.40. The summed E-state index contributed by atoms with van der Waals surface area (Å²) in [7, 11) is 3.99. The summed E-state index contributed by atoms with van der Waals surface area (Å²) in [5.41, 5.74) is 8.68. The van der Waals surface area contributed by atoms with Gasteiger partial charge in [-0.15, -0.1) is 11.3 Å². The van der Waals surface area contributed by atoms with E-state index in [2.05, 4.69) is 15.2 Å². The number of urea groups is 1. The molecule has 2 aromatic rings. The molecule has 0 aliphatic heterocycles. The number of ketones is 1. The monoisotopic (exact) mass is 429 g/mol. The number of rotatable bonds is 9. The predicted molar refractivity (Wildman–Crippen MR) is 121 cm³/mol. The quantitative estimate of drug-likeness (QED) is 0.598. The van der Waals surface area contributed by atoms with Crippen LogP contribution in [0.3, 0.4) is 0 Å². The van der Waals surface area contributed by atoms with Crippen molar-refractivity contribution in [3.63, 3.8) is 0 Å². The summed E-state index contributed by atoms with van der Waals surface area (Å²) >= 11 is 1.49. The molecule has 0 spiro atoms. The fraction of sp³-hybridized carbons (Fsp3) is 0.500. The standard InChI is InChI=1S/C22H31N5O2S/c1-26(2)9-10-27(22(29)25-18-5-3-4-6-18)13-16-7-8-20(24-12-16)21(28)11-17-14-30-15-19(17)23/h7-8,12,14-15,18H,3-6,9-11,13,23H2,1-2H3,(H,25,29). The second kappa shape index (κ2) is 10.5. The van der Waals surface area contributed by atoms with Gasteiger partial charge >= 0.3 is 6.03 Å². The van der Waals surface area contributed by atoms with Crippen molar-refractivity contribution in [3.05, 3.63) is 45.9 Å². The average molecular weight is 430 g/mol. The van der Waals surface area contributed by atoms with Crippen molar-refractivity contribution in [1.82, 2.24) is 20.1 Å². The summed E-state index contributed by atoms with van der Waals surface area (Å²) in [4.78, 5) is 33.5. The first-order valence-corrected chi connectivity index (χ1v) is 11.4. The second-order valence-corrected chi connectivity index (χ2v) is 8.90. The normalized spacial score (nSPS) is 14.2. The van der Waals surface area contributed by atoms with Gasteiger partial charge in [-0.1, -0.05) is 18.9 Å². The number of pyridine rings is 1. The summed E-state index contributed by atoms with van der Waals surface area (Å²) < 4.78 is 0. The van der Waals surface area contributed by atoms with Crippen molar-refractivity contribution >= 4 is 28.8 Å². The van der Waals surface area contributed by atoms with Crippen LogP contribution in [0.5, 0.6) is 0 Å².